The Morgan fingerprint density at radius 1 is 1.16 bits per heavy atom. The molecule has 0 aliphatic carbocycles. The van der Waals surface area contributed by atoms with Gasteiger partial charge in [0.25, 0.3) is 10.0 Å². The Morgan fingerprint density at radius 3 is 2.53 bits per heavy atom. The van der Waals surface area contributed by atoms with Crippen LogP contribution in [0.25, 0.3) is 0 Å². The molecule has 0 aliphatic rings. The monoisotopic (exact) mass is 304 g/mol. The van der Waals surface area contributed by atoms with Gasteiger partial charge in [-0.2, -0.15) is 0 Å². The van der Waals surface area contributed by atoms with E-state index < -0.39 is 26.6 Å². The van der Waals surface area contributed by atoms with Crippen LogP contribution in [0.5, 0.6) is 0 Å². The van der Waals surface area contributed by atoms with Gasteiger partial charge < -0.3 is 0 Å². The van der Waals surface area contributed by atoms with Crippen LogP contribution in [0.2, 0.25) is 5.02 Å². The van der Waals surface area contributed by atoms with Crippen molar-refractivity contribution < 1.29 is 17.2 Å². The highest BCUT2D eigenvalue weighted by atomic mass is 35.5. The van der Waals surface area contributed by atoms with Crippen molar-refractivity contribution in [2.75, 3.05) is 4.72 Å². The van der Waals surface area contributed by atoms with Crippen molar-refractivity contribution in [2.24, 2.45) is 0 Å². The standard InChI is InChI=1S/C11H7ClF2N2O2S/c12-8-3-4-15-6-11(8)16-19(17,18)7-1-2-9(13)10(14)5-7/h1-6,16H. The van der Waals surface area contributed by atoms with Crippen LogP contribution in [0, 0.1) is 11.6 Å². The third-order valence-corrected chi connectivity index (χ3v) is 3.91. The molecule has 100 valence electrons. The van der Waals surface area contributed by atoms with E-state index in [9.17, 15) is 17.2 Å². The van der Waals surface area contributed by atoms with Gasteiger partial charge in [-0.25, -0.2) is 17.2 Å². The van der Waals surface area contributed by atoms with Gasteiger partial charge in [0.1, 0.15) is 0 Å². The predicted octanol–water partition coefficient (Wildman–Crippen LogP) is 2.81. The lowest BCUT2D eigenvalue weighted by atomic mass is 10.3. The largest absolute Gasteiger partial charge is 0.277 e. The Hall–Kier alpha value is -1.73. The molecule has 0 bridgehead atoms. The Kier molecular flexibility index (Phi) is 3.68. The van der Waals surface area contributed by atoms with E-state index in [2.05, 4.69) is 9.71 Å². The Balaban J connectivity index is 2.38. The van der Waals surface area contributed by atoms with Crippen LogP contribution in [-0.4, -0.2) is 13.4 Å². The van der Waals surface area contributed by atoms with Crippen molar-refractivity contribution in [3.05, 3.63) is 53.3 Å². The molecule has 0 aliphatic heterocycles. The van der Waals surface area contributed by atoms with E-state index in [-0.39, 0.29) is 10.7 Å². The lowest BCUT2D eigenvalue weighted by molar-refractivity contribution is 0.504. The number of anilines is 1. The first-order valence-electron chi connectivity index (χ1n) is 4.97. The van der Waals surface area contributed by atoms with E-state index in [1.54, 1.807) is 0 Å². The second-order valence-corrected chi connectivity index (χ2v) is 5.63. The molecule has 1 N–H and O–H groups in total. The van der Waals surface area contributed by atoms with Gasteiger partial charge in [-0.3, -0.25) is 9.71 Å². The van der Waals surface area contributed by atoms with Crippen molar-refractivity contribution in [3.63, 3.8) is 0 Å². The van der Waals surface area contributed by atoms with Crippen LogP contribution < -0.4 is 4.72 Å². The topological polar surface area (TPSA) is 59.1 Å². The Morgan fingerprint density at radius 2 is 1.89 bits per heavy atom. The first-order valence-corrected chi connectivity index (χ1v) is 6.83. The first-order chi connectivity index (χ1) is 8.90. The van der Waals surface area contributed by atoms with E-state index in [1.165, 1.54) is 18.5 Å². The number of aromatic nitrogens is 1. The smallest absolute Gasteiger partial charge is 0.262 e. The normalized spacial score (nSPS) is 11.3. The van der Waals surface area contributed by atoms with E-state index >= 15 is 0 Å². The molecule has 1 aromatic heterocycles. The molecular weight excluding hydrogens is 298 g/mol. The quantitative estimate of drug-likeness (QED) is 0.948. The second-order valence-electron chi connectivity index (χ2n) is 3.54. The fourth-order valence-electron chi connectivity index (χ4n) is 1.30. The van der Waals surface area contributed by atoms with Crippen LogP contribution in [-0.2, 0) is 10.0 Å². The van der Waals surface area contributed by atoms with E-state index in [0.717, 1.165) is 12.1 Å². The minimum atomic E-state index is -4.06. The van der Waals surface area contributed by atoms with Gasteiger partial charge in [-0.05, 0) is 24.3 Å². The lowest BCUT2D eigenvalue weighted by Crippen LogP contribution is -2.13. The SMILES string of the molecule is O=S(=O)(Nc1cnccc1Cl)c1ccc(F)c(F)c1. The molecule has 1 aromatic carbocycles. The van der Waals surface area contributed by atoms with E-state index in [4.69, 9.17) is 11.6 Å². The van der Waals surface area contributed by atoms with Crippen LogP contribution >= 0.6 is 11.6 Å². The van der Waals surface area contributed by atoms with Crippen LogP contribution in [0.1, 0.15) is 0 Å². The minimum absolute atomic E-state index is 0.0499. The van der Waals surface area contributed by atoms with E-state index in [1.807, 2.05) is 0 Å². The highest BCUT2D eigenvalue weighted by Crippen LogP contribution is 2.23. The zero-order valence-corrected chi connectivity index (χ0v) is 10.8. The molecule has 2 aromatic rings. The summed E-state index contributed by atoms with van der Waals surface area (Å²) in [6, 6.07) is 3.66. The highest BCUT2D eigenvalue weighted by Gasteiger charge is 2.17. The summed E-state index contributed by atoms with van der Waals surface area (Å²) in [4.78, 5) is 3.30. The number of hydrogen-bond acceptors (Lipinski definition) is 3. The molecule has 8 heteroatoms. The maximum absolute atomic E-state index is 13.0. The van der Waals surface area contributed by atoms with Gasteiger partial charge in [0.2, 0.25) is 0 Å². The summed E-state index contributed by atoms with van der Waals surface area (Å²) >= 11 is 5.77. The zero-order chi connectivity index (χ0) is 14.0. The molecule has 0 atom stereocenters. The van der Waals surface area contributed by atoms with Gasteiger partial charge >= 0.3 is 0 Å². The number of benzene rings is 1. The van der Waals surface area contributed by atoms with Gasteiger partial charge in [0.05, 0.1) is 21.8 Å². The van der Waals surface area contributed by atoms with Crippen molar-refractivity contribution in [1.29, 1.82) is 0 Å². The molecule has 0 unspecified atom stereocenters. The summed E-state index contributed by atoms with van der Waals surface area (Å²) < 4.78 is 51.8. The molecule has 19 heavy (non-hydrogen) atoms. The Bertz CT molecular complexity index is 722. The van der Waals surface area contributed by atoms with Crippen LogP contribution in [0.4, 0.5) is 14.5 Å². The van der Waals surface area contributed by atoms with E-state index in [0.29, 0.717) is 6.07 Å². The number of hydrogen-bond donors (Lipinski definition) is 1. The predicted molar refractivity (Wildman–Crippen MR) is 66.4 cm³/mol. The number of pyridine rings is 1. The summed E-state index contributed by atoms with van der Waals surface area (Å²) in [6.07, 6.45) is 2.59. The maximum atomic E-state index is 13.0. The molecule has 0 fully saturated rings. The van der Waals surface area contributed by atoms with Crippen molar-refractivity contribution in [2.45, 2.75) is 4.90 Å². The molecule has 1 heterocycles. The second kappa shape index (κ2) is 5.10. The van der Waals surface area contributed by atoms with Crippen molar-refractivity contribution in [3.8, 4) is 0 Å². The van der Waals surface area contributed by atoms with Crippen molar-refractivity contribution >= 4 is 27.3 Å². The number of halogens is 3. The van der Waals surface area contributed by atoms with Gasteiger partial charge in [0.15, 0.2) is 11.6 Å². The number of nitrogens with one attached hydrogen (secondary N) is 1. The third kappa shape index (κ3) is 2.99. The number of nitrogens with zero attached hydrogens (tertiary/aromatic N) is 1. The average Bonchev–Trinajstić information content (AvgIpc) is 2.35. The third-order valence-electron chi connectivity index (χ3n) is 2.21. The summed E-state index contributed by atoms with van der Waals surface area (Å²) in [5, 5.41) is 0.140. The molecule has 0 saturated carbocycles. The minimum Gasteiger partial charge on any atom is -0.277 e. The molecule has 0 radical (unpaired) electrons. The molecular formula is C11H7ClF2N2O2S. The lowest BCUT2D eigenvalue weighted by Gasteiger charge is -2.09. The first kappa shape index (κ1) is 13.7. The molecule has 4 nitrogen and oxygen atoms in total. The van der Waals surface area contributed by atoms with Gasteiger partial charge in [-0.15, -0.1) is 0 Å². The molecule has 0 amide bonds. The molecule has 0 spiro atoms. The summed E-state index contributed by atoms with van der Waals surface area (Å²) in [5.41, 5.74) is 0.0499. The van der Waals surface area contributed by atoms with Gasteiger partial charge in [0, 0.05) is 6.20 Å². The fourth-order valence-corrected chi connectivity index (χ4v) is 2.58. The Labute approximate surface area is 113 Å². The van der Waals surface area contributed by atoms with Crippen LogP contribution in [0.15, 0.2) is 41.6 Å². The van der Waals surface area contributed by atoms with Gasteiger partial charge in [-0.1, -0.05) is 11.6 Å². The highest BCUT2D eigenvalue weighted by molar-refractivity contribution is 7.92. The summed E-state index contributed by atoms with van der Waals surface area (Å²) in [6.45, 7) is 0. The molecule has 0 saturated heterocycles. The zero-order valence-electron chi connectivity index (χ0n) is 9.27. The summed E-state index contributed by atoms with van der Waals surface area (Å²) in [5.74, 6) is -2.38. The molecule has 2 rings (SSSR count). The van der Waals surface area contributed by atoms with Crippen LogP contribution in [0.3, 0.4) is 0 Å². The van der Waals surface area contributed by atoms with Crippen molar-refractivity contribution in [1.82, 2.24) is 4.98 Å². The summed E-state index contributed by atoms with van der Waals surface area (Å²) in [7, 11) is -4.06. The number of sulfonamides is 1. The fraction of sp³-hybridized carbons (Fsp3) is 0. The average molecular weight is 305 g/mol. The maximum Gasteiger partial charge on any atom is 0.262 e. The number of rotatable bonds is 3.